The highest BCUT2D eigenvalue weighted by molar-refractivity contribution is 5.85. The van der Waals surface area contributed by atoms with Crippen molar-refractivity contribution in [3.63, 3.8) is 0 Å². The Morgan fingerprint density at radius 1 is 1.12 bits per heavy atom. The molecule has 1 saturated heterocycles. The van der Waals surface area contributed by atoms with E-state index in [9.17, 15) is 5.11 Å². The lowest BCUT2D eigenvalue weighted by molar-refractivity contribution is 0.189. The van der Waals surface area contributed by atoms with Gasteiger partial charge in [0.2, 0.25) is 0 Å². The van der Waals surface area contributed by atoms with Crippen molar-refractivity contribution in [1.82, 2.24) is 30.4 Å². The number of nitrogens with one attached hydrogen (secondary N) is 3. The minimum Gasteiger partial charge on any atom is -0.395 e. The molecule has 1 fully saturated rings. The lowest BCUT2D eigenvalue weighted by atomic mass is 9.87. The molecule has 0 bridgehead atoms. The van der Waals surface area contributed by atoms with Gasteiger partial charge in [-0.2, -0.15) is 0 Å². The Balaban J connectivity index is 1.20. The molecule has 0 spiro atoms. The first-order chi connectivity index (χ1) is 16.8. The van der Waals surface area contributed by atoms with Crippen LogP contribution in [0.25, 0.3) is 16.6 Å². The number of aliphatic hydroxyl groups excluding tert-OH is 1. The van der Waals surface area contributed by atoms with Gasteiger partial charge in [0.05, 0.1) is 6.61 Å². The maximum absolute atomic E-state index is 10.0. The number of H-pyrrole nitrogens is 1. The van der Waals surface area contributed by atoms with Crippen LogP contribution in [-0.4, -0.2) is 56.6 Å². The van der Waals surface area contributed by atoms with Crippen LogP contribution in [0.15, 0.2) is 67.4 Å². The third-order valence-electron chi connectivity index (χ3n) is 7.09. The number of aromatic nitrogens is 4. The molecule has 4 N–H and O–H groups in total. The molecule has 3 heterocycles. The van der Waals surface area contributed by atoms with Gasteiger partial charge in [-0.1, -0.05) is 30.3 Å². The first-order valence-corrected chi connectivity index (χ1v) is 12.4. The molecule has 2 aromatic heterocycles. The third kappa shape index (κ3) is 5.38. The predicted molar refractivity (Wildman–Crippen MR) is 135 cm³/mol. The summed E-state index contributed by atoms with van der Waals surface area (Å²) in [4.78, 5) is 3.42. The highest BCUT2D eigenvalue weighted by Gasteiger charge is 2.26. The molecule has 1 aliphatic rings. The monoisotopic (exact) mass is 458 g/mol. The number of piperidine rings is 1. The fraction of sp³-hybridized carbons (Fsp3) is 0.407. The predicted octanol–water partition coefficient (Wildman–Crippen LogP) is 3.24. The van der Waals surface area contributed by atoms with Crippen molar-refractivity contribution in [3.05, 3.63) is 78.5 Å². The van der Waals surface area contributed by atoms with Gasteiger partial charge in [-0.15, -0.1) is 10.2 Å². The number of hydrogen-bond acceptors (Lipinski definition) is 5. The zero-order chi connectivity index (χ0) is 23.2. The number of hydrogen-bond donors (Lipinski definition) is 4. The Labute approximate surface area is 200 Å². The van der Waals surface area contributed by atoms with Gasteiger partial charge in [0.15, 0.2) is 0 Å². The molecule has 5 rings (SSSR count). The van der Waals surface area contributed by atoms with Gasteiger partial charge < -0.3 is 20.7 Å². The van der Waals surface area contributed by atoms with E-state index in [0.717, 1.165) is 56.4 Å². The van der Waals surface area contributed by atoms with Crippen molar-refractivity contribution < 1.29 is 5.11 Å². The van der Waals surface area contributed by atoms with E-state index in [1.807, 2.05) is 10.6 Å². The number of benzene rings is 2. The zero-order valence-corrected chi connectivity index (χ0v) is 19.5. The Morgan fingerprint density at radius 3 is 2.79 bits per heavy atom. The summed E-state index contributed by atoms with van der Waals surface area (Å²) in [5.41, 5.74) is 4.87. The Kier molecular flexibility index (Phi) is 7.34. The summed E-state index contributed by atoms with van der Waals surface area (Å²) in [5.74, 6) is 0.566. The standard InChI is InChI=1S/C27H34N6O/c34-17-23(13-20-5-2-1-3-6-20)32-26-11-12-28-15-22(26)8-4-7-21-16-29-27-10-9-24(14-25(21)27)33-18-30-31-19-33/h1-3,5-6,9-10,14,16,18-19,22-23,26,28-29,32,34H,4,7-8,11-13,15,17H2/t22?,23?,26-/m0/s1. The largest absolute Gasteiger partial charge is 0.395 e. The fourth-order valence-electron chi connectivity index (χ4n) is 5.25. The lowest BCUT2D eigenvalue weighted by Crippen LogP contribution is -2.52. The quantitative estimate of drug-likeness (QED) is 0.293. The summed E-state index contributed by atoms with van der Waals surface area (Å²) in [6.45, 7) is 2.23. The van der Waals surface area contributed by atoms with Crippen molar-refractivity contribution in [2.24, 2.45) is 5.92 Å². The van der Waals surface area contributed by atoms with Crippen LogP contribution in [0, 0.1) is 5.92 Å². The van der Waals surface area contributed by atoms with E-state index < -0.39 is 0 Å². The summed E-state index contributed by atoms with van der Waals surface area (Å²) in [5, 5.41) is 26.5. The van der Waals surface area contributed by atoms with Crippen LogP contribution >= 0.6 is 0 Å². The molecule has 0 saturated carbocycles. The summed E-state index contributed by atoms with van der Waals surface area (Å²) in [7, 11) is 0. The zero-order valence-electron chi connectivity index (χ0n) is 19.5. The summed E-state index contributed by atoms with van der Waals surface area (Å²) >= 11 is 0. The van der Waals surface area contributed by atoms with Crippen molar-refractivity contribution in [3.8, 4) is 5.69 Å². The molecular weight excluding hydrogens is 424 g/mol. The van der Waals surface area contributed by atoms with E-state index in [1.165, 1.54) is 16.5 Å². The number of aliphatic hydroxyl groups is 1. The van der Waals surface area contributed by atoms with Crippen LogP contribution in [0.5, 0.6) is 0 Å². The highest BCUT2D eigenvalue weighted by atomic mass is 16.3. The van der Waals surface area contributed by atoms with Gasteiger partial charge in [0, 0.05) is 34.9 Å². The van der Waals surface area contributed by atoms with Crippen LogP contribution < -0.4 is 10.6 Å². The number of nitrogens with zero attached hydrogens (tertiary/aromatic N) is 3. The highest BCUT2D eigenvalue weighted by Crippen LogP contribution is 2.25. The number of aryl methyl sites for hydroxylation is 1. The Morgan fingerprint density at radius 2 is 1.97 bits per heavy atom. The molecule has 178 valence electrons. The van der Waals surface area contributed by atoms with E-state index in [2.05, 4.69) is 74.5 Å². The molecule has 3 atom stereocenters. The fourth-order valence-corrected chi connectivity index (χ4v) is 5.25. The van der Waals surface area contributed by atoms with Crippen LogP contribution in [-0.2, 0) is 12.8 Å². The molecule has 4 aromatic rings. The molecular formula is C27H34N6O. The molecule has 7 nitrogen and oxygen atoms in total. The van der Waals surface area contributed by atoms with Gasteiger partial charge >= 0.3 is 0 Å². The number of fused-ring (bicyclic) bond motifs is 1. The number of aromatic amines is 1. The first-order valence-electron chi connectivity index (χ1n) is 12.4. The van der Waals surface area contributed by atoms with Gasteiger partial charge in [0.25, 0.3) is 0 Å². The van der Waals surface area contributed by atoms with Gasteiger partial charge in [0.1, 0.15) is 12.7 Å². The molecule has 2 unspecified atom stereocenters. The van der Waals surface area contributed by atoms with Gasteiger partial charge in [-0.05, 0) is 80.4 Å². The maximum Gasteiger partial charge on any atom is 0.123 e. The Bertz CT molecular complexity index is 1160. The van der Waals surface area contributed by atoms with Crippen molar-refractivity contribution in [2.75, 3.05) is 19.7 Å². The van der Waals surface area contributed by atoms with Crippen LogP contribution in [0.1, 0.15) is 30.4 Å². The van der Waals surface area contributed by atoms with Crippen molar-refractivity contribution in [1.29, 1.82) is 0 Å². The smallest absolute Gasteiger partial charge is 0.123 e. The van der Waals surface area contributed by atoms with Crippen LogP contribution in [0.4, 0.5) is 0 Å². The molecule has 7 heteroatoms. The van der Waals surface area contributed by atoms with Crippen molar-refractivity contribution >= 4 is 10.9 Å². The molecule has 0 amide bonds. The molecule has 34 heavy (non-hydrogen) atoms. The minimum absolute atomic E-state index is 0.0951. The molecule has 1 aliphatic heterocycles. The summed E-state index contributed by atoms with van der Waals surface area (Å²) < 4.78 is 1.94. The van der Waals surface area contributed by atoms with Gasteiger partial charge in [-0.3, -0.25) is 4.57 Å². The van der Waals surface area contributed by atoms with Gasteiger partial charge in [-0.25, -0.2) is 0 Å². The average Bonchev–Trinajstić information content (AvgIpc) is 3.55. The topological polar surface area (TPSA) is 90.8 Å². The van der Waals surface area contributed by atoms with Crippen LogP contribution in [0.3, 0.4) is 0 Å². The van der Waals surface area contributed by atoms with E-state index >= 15 is 0 Å². The normalized spacial score (nSPS) is 19.4. The van der Waals surface area contributed by atoms with E-state index in [1.54, 1.807) is 12.7 Å². The average molecular weight is 459 g/mol. The van der Waals surface area contributed by atoms with E-state index in [-0.39, 0.29) is 12.6 Å². The summed E-state index contributed by atoms with van der Waals surface area (Å²) in [6.07, 6.45) is 10.9. The molecule has 2 aromatic carbocycles. The minimum atomic E-state index is 0.0951. The summed E-state index contributed by atoms with van der Waals surface area (Å²) in [6, 6.07) is 17.4. The van der Waals surface area contributed by atoms with Crippen LogP contribution in [0.2, 0.25) is 0 Å². The maximum atomic E-state index is 10.0. The Hall–Kier alpha value is -3.00. The van der Waals surface area contributed by atoms with Crippen molar-refractivity contribution in [2.45, 2.75) is 44.2 Å². The lowest BCUT2D eigenvalue weighted by Gasteiger charge is -2.35. The molecule has 0 radical (unpaired) electrons. The number of rotatable bonds is 10. The second-order valence-electron chi connectivity index (χ2n) is 9.40. The van der Waals surface area contributed by atoms with E-state index in [0.29, 0.717) is 12.0 Å². The second-order valence-corrected chi connectivity index (χ2v) is 9.40. The second kappa shape index (κ2) is 11.0. The van der Waals surface area contributed by atoms with E-state index in [4.69, 9.17) is 0 Å². The third-order valence-corrected chi connectivity index (χ3v) is 7.09. The molecule has 0 aliphatic carbocycles. The SMILES string of the molecule is OCC(Cc1ccccc1)N[C@H]1CCNCC1CCCc1c[nH]c2ccc(-n3cnnc3)cc12. The first kappa shape index (κ1) is 22.8.